The number of anilines is 1. The number of hydrogen-bond acceptors (Lipinski definition) is 3. The summed E-state index contributed by atoms with van der Waals surface area (Å²) in [7, 11) is 0. The lowest BCUT2D eigenvalue weighted by molar-refractivity contribution is -0.128. The van der Waals surface area contributed by atoms with E-state index in [9.17, 15) is 14.4 Å². The van der Waals surface area contributed by atoms with Crippen molar-refractivity contribution < 1.29 is 14.4 Å². The van der Waals surface area contributed by atoms with Crippen molar-refractivity contribution in [3.8, 4) is 0 Å². The minimum absolute atomic E-state index is 0.0264. The van der Waals surface area contributed by atoms with Crippen LogP contribution in [-0.2, 0) is 22.4 Å². The van der Waals surface area contributed by atoms with E-state index in [0.717, 1.165) is 23.2 Å². The van der Waals surface area contributed by atoms with Crippen molar-refractivity contribution in [3.05, 3.63) is 65.7 Å². The molecule has 0 bridgehead atoms. The predicted molar refractivity (Wildman–Crippen MR) is 125 cm³/mol. The molecule has 32 heavy (non-hydrogen) atoms. The number of benzene rings is 2. The molecule has 1 atom stereocenters. The van der Waals surface area contributed by atoms with Crippen molar-refractivity contribution in [1.29, 1.82) is 0 Å². The van der Waals surface area contributed by atoms with Crippen molar-refractivity contribution in [2.24, 2.45) is 0 Å². The molecule has 1 heterocycles. The minimum Gasteiger partial charge on any atom is -0.351 e. The molecule has 1 aliphatic rings. The van der Waals surface area contributed by atoms with Gasteiger partial charge in [0.05, 0.1) is 0 Å². The van der Waals surface area contributed by atoms with E-state index in [-0.39, 0.29) is 23.9 Å². The number of likely N-dealkylation sites (tertiary alicyclic amines) is 1. The highest BCUT2D eigenvalue weighted by Crippen LogP contribution is 2.18. The summed E-state index contributed by atoms with van der Waals surface area (Å²) in [5.41, 5.74) is 2.93. The molecule has 0 aliphatic carbocycles. The number of nitrogens with zero attached hydrogens (tertiary/aromatic N) is 1. The molecular formula is C25H32N4O3. The van der Waals surface area contributed by atoms with Crippen molar-refractivity contribution in [2.75, 3.05) is 18.4 Å². The second kappa shape index (κ2) is 11.3. The molecule has 7 nitrogen and oxygen atoms in total. The van der Waals surface area contributed by atoms with E-state index < -0.39 is 6.04 Å². The Morgan fingerprint density at radius 2 is 1.66 bits per heavy atom. The van der Waals surface area contributed by atoms with Gasteiger partial charge in [-0.1, -0.05) is 55.5 Å². The second-order valence-electron chi connectivity index (χ2n) is 8.15. The summed E-state index contributed by atoms with van der Waals surface area (Å²) in [5, 5.41) is 8.82. The highest BCUT2D eigenvalue weighted by molar-refractivity contribution is 5.90. The van der Waals surface area contributed by atoms with Crippen LogP contribution in [0.2, 0.25) is 0 Å². The molecule has 0 spiro atoms. The monoisotopic (exact) mass is 436 g/mol. The molecule has 7 heteroatoms. The zero-order valence-corrected chi connectivity index (χ0v) is 18.8. The van der Waals surface area contributed by atoms with Gasteiger partial charge in [-0.2, -0.15) is 0 Å². The van der Waals surface area contributed by atoms with Crippen LogP contribution in [0.25, 0.3) is 0 Å². The van der Waals surface area contributed by atoms with E-state index in [1.54, 1.807) is 4.90 Å². The largest absolute Gasteiger partial charge is 0.351 e. The molecule has 0 radical (unpaired) electrons. The summed E-state index contributed by atoms with van der Waals surface area (Å²) in [6.07, 6.45) is 2.63. The van der Waals surface area contributed by atoms with E-state index in [0.29, 0.717) is 32.4 Å². The highest BCUT2D eigenvalue weighted by atomic mass is 16.2. The zero-order valence-electron chi connectivity index (χ0n) is 18.8. The Bertz CT molecular complexity index is 924. The number of carbonyl (C=O) groups is 3. The van der Waals surface area contributed by atoms with Crippen LogP contribution in [0.3, 0.4) is 0 Å². The molecule has 3 rings (SSSR count). The standard InChI is InChI=1S/C25H32N4O3/c1-3-20-11-7-8-12-22(20)28-25(32)29-15-13-21(14-16-29)27-24(31)23(26-18(2)30)17-19-9-5-4-6-10-19/h4-12,21,23H,3,13-17H2,1-2H3,(H,26,30)(H,27,31)(H,28,32)/t23-/m1/s1. The van der Waals surface area contributed by atoms with E-state index in [4.69, 9.17) is 0 Å². The first-order chi connectivity index (χ1) is 15.5. The first-order valence-electron chi connectivity index (χ1n) is 11.2. The average molecular weight is 437 g/mol. The van der Waals surface area contributed by atoms with Gasteiger partial charge in [-0.15, -0.1) is 0 Å². The number of piperidine rings is 1. The van der Waals surface area contributed by atoms with E-state index >= 15 is 0 Å². The summed E-state index contributed by atoms with van der Waals surface area (Å²) >= 11 is 0. The Labute approximate surface area is 189 Å². The summed E-state index contributed by atoms with van der Waals surface area (Å²) in [4.78, 5) is 38.9. The molecule has 4 amide bonds. The number of hydrogen-bond donors (Lipinski definition) is 3. The van der Waals surface area contributed by atoms with Gasteiger partial charge in [0.1, 0.15) is 6.04 Å². The van der Waals surface area contributed by atoms with Gasteiger partial charge in [-0.05, 0) is 36.5 Å². The summed E-state index contributed by atoms with van der Waals surface area (Å²) < 4.78 is 0. The molecule has 0 aromatic heterocycles. The van der Waals surface area contributed by atoms with Gasteiger partial charge in [0.2, 0.25) is 11.8 Å². The molecule has 1 fully saturated rings. The van der Waals surface area contributed by atoms with Gasteiger partial charge < -0.3 is 20.9 Å². The number of rotatable bonds is 7. The number of para-hydroxylation sites is 1. The van der Waals surface area contributed by atoms with Crippen molar-refractivity contribution in [2.45, 2.75) is 51.6 Å². The zero-order chi connectivity index (χ0) is 22.9. The first kappa shape index (κ1) is 23.3. The number of aryl methyl sites for hydroxylation is 1. The molecule has 1 aliphatic heterocycles. The summed E-state index contributed by atoms with van der Waals surface area (Å²) in [6, 6.07) is 16.7. The first-order valence-corrected chi connectivity index (χ1v) is 11.2. The Hall–Kier alpha value is -3.35. The van der Waals surface area contributed by atoms with Gasteiger partial charge >= 0.3 is 6.03 Å². The van der Waals surface area contributed by atoms with Gasteiger partial charge in [0.25, 0.3) is 0 Å². The minimum atomic E-state index is -0.623. The lowest BCUT2D eigenvalue weighted by Crippen LogP contribution is -2.53. The van der Waals surface area contributed by atoms with E-state index in [1.165, 1.54) is 6.92 Å². The van der Waals surface area contributed by atoms with E-state index in [1.807, 2.05) is 54.6 Å². The van der Waals surface area contributed by atoms with Crippen LogP contribution in [0.5, 0.6) is 0 Å². The fraction of sp³-hybridized carbons (Fsp3) is 0.400. The van der Waals surface area contributed by atoms with Crippen LogP contribution in [0, 0.1) is 0 Å². The van der Waals surface area contributed by atoms with Gasteiger partial charge in [-0.3, -0.25) is 9.59 Å². The third-order valence-corrected chi connectivity index (χ3v) is 5.75. The van der Waals surface area contributed by atoms with Crippen LogP contribution in [-0.4, -0.2) is 47.9 Å². The fourth-order valence-electron chi connectivity index (χ4n) is 3.98. The molecule has 0 saturated carbocycles. The van der Waals surface area contributed by atoms with Crippen molar-refractivity contribution >= 4 is 23.5 Å². The Kier molecular flexibility index (Phi) is 8.25. The average Bonchev–Trinajstić information content (AvgIpc) is 2.80. The predicted octanol–water partition coefficient (Wildman–Crippen LogP) is 3.11. The maximum absolute atomic E-state index is 12.9. The second-order valence-corrected chi connectivity index (χ2v) is 8.15. The lowest BCUT2D eigenvalue weighted by atomic mass is 10.0. The van der Waals surface area contributed by atoms with Crippen LogP contribution >= 0.6 is 0 Å². The maximum Gasteiger partial charge on any atom is 0.321 e. The van der Waals surface area contributed by atoms with Gasteiger partial charge in [-0.25, -0.2) is 4.79 Å². The topological polar surface area (TPSA) is 90.5 Å². The smallest absolute Gasteiger partial charge is 0.321 e. The van der Waals surface area contributed by atoms with Crippen LogP contribution in [0.4, 0.5) is 10.5 Å². The Morgan fingerprint density at radius 3 is 2.31 bits per heavy atom. The molecular weight excluding hydrogens is 404 g/mol. The van der Waals surface area contributed by atoms with Crippen LogP contribution in [0.15, 0.2) is 54.6 Å². The molecule has 3 N–H and O–H groups in total. The van der Waals surface area contributed by atoms with Crippen LogP contribution in [0.1, 0.15) is 37.8 Å². The molecule has 170 valence electrons. The third-order valence-electron chi connectivity index (χ3n) is 5.75. The quantitative estimate of drug-likeness (QED) is 0.623. The van der Waals surface area contributed by atoms with Crippen LogP contribution < -0.4 is 16.0 Å². The molecule has 0 unspecified atom stereocenters. The van der Waals surface area contributed by atoms with Gasteiger partial charge in [0.15, 0.2) is 0 Å². The number of nitrogens with one attached hydrogen (secondary N) is 3. The molecule has 2 aromatic rings. The summed E-state index contributed by atoms with van der Waals surface area (Å²) in [6.45, 7) is 4.60. The fourth-order valence-corrected chi connectivity index (χ4v) is 3.98. The number of urea groups is 1. The molecule has 2 aromatic carbocycles. The maximum atomic E-state index is 12.9. The lowest BCUT2D eigenvalue weighted by Gasteiger charge is -2.33. The highest BCUT2D eigenvalue weighted by Gasteiger charge is 2.27. The number of carbonyl (C=O) groups excluding carboxylic acids is 3. The molecule has 1 saturated heterocycles. The third kappa shape index (κ3) is 6.57. The summed E-state index contributed by atoms with van der Waals surface area (Å²) in [5.74, 6) is -0.427. The number of amides is 4. The van der Waals surface area contributed by atoms with Crippen molar-refractivity contribution in [3.63, 3.8) is 0 Å². The Balaban J connectivity index is 1.52. The SMILES string of the molecule is CCc1ccccc1NC(=O)N1CCC(NC(=O)[C@@H](Cc2ccccc2)NC(C)=O)CC1. The van der Waals surface area contributed by atoms with E-state index in [2.05, 4.69) is 22.9 Å². The van der Waals surface area contributed by atoms with Crippen molar-refractivity contribution in [1.82, 2.24) is 15.5 Å². The Morgan fingerprint density at radius 1 is 1.00 bits per heavy atom. The van der Waals surface area contributed by atoms with Gasteiger partial charge in [0, 0.05) is 38.2 Å². The normalized spacial score (nSPS) is 15.0.